The van der Waals surface area contributed by atoms with Crippen LogP contribution in [0.5, 0.6) is 11.5 Å². The zero-order valence-electron chi connectivity index (χ0n) is 15.3. The number of nitrogens with one attached hydrogen (secondary N) is 1. The van der Waals surface area contributed by atoms with Gasteiger partial charge in [-0.05, 0) is 44.5 Å². The lowest BCUT2D eigenvalue weighted by Crippen LogP contribution is -2.45. The molecule has 1 N–H and O–H groups in total. The van der Waals surface area contributed by atoms with Crippen LogP contribution in [0.2, 0.25) is 5.02 Å². The van der Waals surface area contributed by atoms with Crippen LogP contribution >= 0.6 is 11.6 Å². The van der Waals surface area contributed by atoms with Crippen molar-refractivity contribution in [1.29, 1.82) is 0 Å². The highest BCUT2D eigenvalue weighted by Crippen LogP contribution is 2.39. The molecule has 138 valence electrons. The van der Waals surface area contributed by atoms with Crippen LogP contribution in [-0.2, 0) is 4.79 Å². The molecule has 1 heterocycles. The Hall–Kier alpha value is -2.20. The van der Waals surface area contributed by atoms with Gasteiger partial charge in [-0.3, -0.25) is 4.79 Å². The lowest BCUT2D eigenvalue weighted by atomic mass is 9.89. The third-order valence-corrected chi connectivity index (χ3v) is 4.67. The molecule has 3 rings (SSSR count). The largest absolute Gasteiger partial charge is 0.487 e. The molecule has 1 aliphatic rings. The fourth-order valence-electron chi connectivity index (χ4n) is 3.22. The van der Waals surface area contributed by atoms with Crippen molar-refractivity contribution >= 4 is 17.5 Å². The Morgan fingerprint density at radius 2 is 2.08 bits per heavy atom. The number of ether oxygens (including phenoxy) is 2. The number of fused-ring (bicyclic) bond motifs is 1. The van der Waals surface area contributed by atoms with E-state index in [1.165, 1.54) is 0 Å². The third kappa shape index (κ3) is 4.31. The molecule has 0 spiro atoms. The van der Waals surface area contributed by atoms with Crippen LogP contribution in [0, 0.1) is 0 Å². The second kappa shape index (κ2) is 7.58. The van der Waals surface area contributed by atoms with Crippen molar-refractivity contribution in [1.82, 2.24) is 5.32 Å². The molecule has 0 bridgehead atoms. The van der Waals surface area contributed by atoms with Gasteiger partial charge in [-0.2, -0.15) is 0 Å². The number of carbonyl (C=O) groups is 1. The van der Waals surface area contributed by atoms with E-state index in [1.54, 1.807) is 24.3 Å². The lowest BCUT2D eigenvalue weighted by Gasteiger charge is -2.38. The number of hydrogen-bond donors (Lipinski definition) is 1. The number of amides is 1. The van der Waals surface area contributed by atoms with Crippen LogP contribution in [0.25, 0.3) is 0 Å². The number of benzene rings is 2. The molecule has 1 aliphatic heterocycles. The van der Waals surface area contributed by atoms with Gasteiger partial charge in [0.15, 0.2) is 6.10 Å². The first-order chi connectivity index (χ1) is 12.4. The second-order valence-corrected chi connectivity index (χ2v) is 7.57. The molecule has 0 unspecified atom stereocenters. The highest BCUT2D eigenvalue weighted by atomic mass is 35.5. The van der Waals surface area contributed by atoms with Gasteiger partial charge in [-0.25, -0.2) is 0 Å². The average molecular weight is 374 g/mol. The quantitative estimate of drug-likeness (QED) is 0.809. The molecule has 5 heteroatoms. The predicted octanol–water partition coefficient (Wildman–Crippen LogP) is 4.92. The van der Waals surface area contributed by atoms with Crippen LogP contribution in [0.1, 0.15) is 45.2 Å². The molecule has 0 radical (unpaired) electrons. The van der Waals surface area contributed by atoms with E-state index in [4.69, 9.17) is 21.1 Å². The first kappa shape index (κ1) is 18.6. The average Bonchev–Trinajstić information content (AvgIpc) is 2.58. The Balaban J connectivity index is 1.75. The summed E-state index contributed by atoms with van der Waals surface area (Å²) in [6.07, 6.45) is 0.683. The van der Waals surface area contributed by atoms with Gasteiger partial charge in [0, 0.05) is 17.0 Å². The summed E-state index contributed by atoms with van der Waals surface area (Å²) in [4.78, 5) is 12.8. The zero-order valence-corrected chi connectivity index (χ0v) is 16.0. The van der Waals surface area contributed by atoms with Crippen LogP contribution in [0.15, 0.2) is 48.5 Å². The van der Waals surface area contributed by atoms with Gasteiger partial charge in [-0.15, -0.1) is 0 Å². The monoisotopic (exact) mass is 373 g/mol. The first-order valence-corrected chi connectivity index (χ1v) is 9.26. The van der Waals surface area contributed by atoms with Gasteiger partial charge < -0.3 is 14.8 Å². The third-order valence-electron chi connectivity index (χ3n) is 4.43. The molecule has 2 atom stereocenters. The summed E-state index contributed by atoms with van der Waals surface area (Å²) in [5, 5.41) is 3.72. The number of carbonyl (C=O) groups excluding carboxylic acids is 1. The number of para-hydroxylation sites is 1. The summed E-state index contributed by atoms with van der Waals surface area (Å²) in [5.41, 5.74) is 0.653. The van der Waals surface area contributed by atoms with E-state index in [0.29, 0.717) is 23.6 Å². The Labute approximate surface area is 159 Å². The van der Waals surface area contributed by atoms with Gasteiger partial charge in [0.2, 0.25) is 0 Å². The lowest BCUT2D eigenvalue weighted by molar-refractivity contribution is -0.129. The van der Waals surface area contributed by atoms with E-state index in [-0.39, 0.29) is 17.6 Å². The Morgan fingerprint density at radius 1 is 1.31 bits per heavy atom. The Bertz CT molecular complexity index is 790. The highest BCUT2D eigenvalue weighted by Gasteiger charge is 2.35. The molecule has 2 aromatic carbocycles. The molecule has 0 aliphatic carbocycles. The second-order valence-electron chi connectivity index (χ2n) is 7.14. The fourth-order valence-corrected chi connectivity index (χ4v) is 3.40. The summed E-state index contributed by atoms with van der Waals surface area (Å²) < 4.78 is 11.9. The van der Waals surface area contributed by atoms with Gasteiger partial charge >= 0.3 is 0 Å². The summed E-state index contributed by atoms with van der Waals surface area (Å²) in [7, 11) is 0. The summed E-state index contributed by atoms with van der Waals surface area (Å²) in [6.45, 7) is 5.99. The first-order valence-electron chi connectivity index (χ1n) is 8.88. The van der Waals surface area contributed by atoms with Gasteiger partial charge in [0.1, 0.15) is 17.1 Å². The van der Waals surface area contributed by atoms with E-state index in [0.717, 1.165) is 11.3 Å². The number of hydrogen-bond acceptors (Lipinski definition) is 3. The fraction of sp³-hybridized carbons (Fsp3) is 0.381. The minimum Gasteiger partial charge on any atom is -0.487 e. The Morgan fingerprint density at radius 3 is 2.81 bits per heavy atom. The molecule has 4 nitrogen and oxygen atoms in total. The van der Waals surface area contributed by atoms with E-state index < -0.39 is 6.10 Å². The van der Waals surface area contributed by atoms with E-state index in [1.807, 2.05) is 45.0 Å². The molecule has 1 amide bonds. The smallest absolute Gasteiger partial charge is 0.261 e. The molecular weight excluding hydrogens is 350 g/mol. The Kier molecular flexibility index (Phi) is 5.42. The number of halogens is 1. The topological polar surface area (TPSA) is 47.6 Å². The predicted molar refractivity (Wildman–Crippen MR) is 103 cm³/mol. The highest BCUT2D eigenvalue weighted by molar-refractivity contribution is 6.30. The number of rotatable bonds is 5. The van der Waals surface area contributed by atoms with Crippen LogP contribution < -0.4 is 14.8 Å². The molecule has 2 aromatic rings. The van der Waals surface area contributed by atoms with Gasteiger partial charge in [-0.1, -0.05) is 42.8 Å². The molecule has 0 aromatic heterocycles. The minimum absolute atomic E-state index is 0.112. The molecule has 0 fully saturated rings. The zero-order chi connectivity index (χ0) is 18.7. The van der Waals surface area contributed by atoms with E-state index in [9.17, 15) is 4.79 Å². The summed E-state index contributed by atoms with van der Waals surface area (Å²) in [5.74, 6) is 1.27. The normalized spacial score (nSPS) is 19.0. The standard InChI is InChI=1S/C21H24ClNO3/c1-4-18(25-15-9-7-8-14(22)12-15)20(24)23-17-13-21(2,3)26-19-11-6-5-10-16(17)19/h5-12,17-18H,4,13H2,1-3H3,(H,23,24)/t17-,18+/m0/s1. The summed E-state index contributed by atoms with van der Waals surface area (Å²) >= 11 is 6.00. The van der Waals surface area contributed by atoms with Crippen molar-refractivity contribution in [2.45, 2.75) is 51.4 Å². The van der Waals surface area contributed by atoms with E-state index in [2.05, 4.69) is 5.32 Å². The van der Waals surface area contributed by atoms with Crippen molar-refractivity contribution in [2.24, 2.45) is 0 Å². The van der Waals surface area contributed by atoms with Crippen molar-refractivity contribution < 1.29 is 14.3 Å². The molecule has 0 saturated carbocycles. The van der Waals surface area contributed by atoms with Crippen LogP contribution in [0.3, 0.4) is 0 Å². The maximum atomic E-state index is 12.8. The minimum atomic E-state index is -0.577. The van der Waals surface area contributed by atoms with Crippen molar-refractivity contribution in [3.8, 4) is 11.5 Å². The van der Waals surface area contributed by atoms with E-state index >= 15 is 0 Å². The van der Waals surface area contributed by atoms with Crippen LogP contribution in [-0.4, -0.2) is 17.6 Å². The summed E-state index contributed by atoms with van der Waals surface area (Å²) in [6, 6.07) is 14.8. The van der Waals surface area contributed by atoms with Crippen molar-refractivity contribution in [3.05, 3.63) is 59.1 Å². The molecule has 0 saturated heterocycles. The molecular formula is C21H24ClNO3. The van der Waals surface area contributed by atoms with Gasteiger partial charge in [0.05, 0.1) is 6.04 Å². The molecule has 26 heavy (non-hydrogen) atoms. The maximum Gasteiger partial charge on any atom is 0.261 e. The van der Waals surface area contributed by atoms with Crippen molar-refractivity contribution in [2.75, 3.05) is 0 Å². The maximum absolute atomic E-state index is 12.8. The SMILES string of the molecule is CC[C@@H](Oc1cccc(Cl)c1)C(=O)N[C@H]1CC(C)(C)Oc2ccccc21. The van der Waals surface area contributed by atoms with Gasteiger partial charge in [0.25, 0.3) is 5.91 Å². The van der Waals surface area contributed by atoms with Crippen LogP contribution in [0.4, 0.5) is 0 Å². The van der Waals surface area contributed by atoms with Crippen molar-refractivity contribution in [3.63, 3.8) is 0 Å².